The van der Waals surface area contributed by atoms with E-state index in [1.165, 1.54) is 11.1 Å². The molecule has 1 aromatic carbocycles. The smallest absolute Gasteiger partial charge is 0.225 e. The van der Waals surface area contributed by atoms with Crippen LogP contribution in [0.3, 0.4) is 0 Å². The lowest BCUT2D eigenvalue weighted by molar-refractivity contribution is -0.135. The number of carbonyl (C=O) groups excluding carboxylic acids is 1. The molecule has 0 N–H and O–H groups in total. The first-order valence-corrected chi connectivity index (χ1v) is 11.4. The number of benzene rings is 1. The van der Waals surface area contributed by atoms with Gasteiger partial charge in [0.25, 0.3) is 0 Å². The van der Waals surface area contributed by atoms with Gasteiger partial charge in [-0.3, -0.25) is 14.7 Å². The summed E-state index contributed by atoms with van der Waals surface area (Å²) < 4.78 is 5.49. The van der Waals surface area contributed by atoms with Gasteiger partial charge in [-0.2, -0.15) is 0 Å². The Balaban J connectivity index is 1.84. The fraction of sp³-hybridized carbons (Fsp3) is 0.538. The van der Waals surface area contributed by atoms with Crippen LogP contribution < -0.4 is 4.74 Å². The van der Waals surface area contributed by atoms with E-state index in [-0.39, 0.29) is 11.8 Å². The van der Waals surface area contributed by atoms with E-state index >= 15 is 0 Å². The highest BCUT2D eigenvalue weighted by Crippen LogP contribution is 2.35. The third-order valence-corrected chi connectivity index (χ3v) is 6.04. The molecule has 0 aliphatic carbocycles. The van der Waals surface area contributed by atoms with Crippen LogP contribution in [0.5, 0.6) is 5.75 Å². The van der Waals surface area contributed by atoms with Crippen LogP contribution in [0, 0.1) is 17.8 Å². The fourth-order valence-electron chi connectivity index (χ4n) is 4.61. The quantitative estimate of drug-likeness (QED) is 0.598. The van der Waals surface area contributed by atoms with Gasteiger partial charge in [-0.15, -0.1) is 0 Å². The van der Waals surface area contributed by atoms with Gasteiger partial charge in [-0.25, -0.2) is 0 Å². The van der Waals surface area contributed by atoms with E-state index < -0.39 is 0 Å². The number of methoxy groups -OCH3 is 1. The number of likely N-dealkylation sites (tertiary alicyclic amines) is 1. The van der Waals surface area contributed by atoms with Crippen LogP contribution in [0.4, 0.5) is 0 Å². The molecule has 0 spiro atoms. The van der Waals surface area contributed by atoms with Gasteiger partial charge in [0.2, 0.25) is 5.91 Å². The van der Waals surface area contributed by atoms with Crippen molar-refractivity contribution in [3.8, 4) is 5.75 Å². The number of hydrogen-bond acceptors (Lipinski definition) is 4. The van der Waals surface area contributed by atoms with Crippen molar-refractivity contribution >= 4 is 5.91 Å². The van der Waals surface area contributed by atoms with E-state index in [0.29, 0.717) is 17.8 Å². The van der Waals surface area contributed by atoms with Crippen molar-refractivity contribution in [3.63, 3.8) is 0 Å². The number of ether oxygens (including phenoxy) is 1. The number of nitrogens with zero attached hydrogens (tertiary/aromatic N) is 3. The lowest BCUT2D eigenvalue weighted by Gasteiger charge is -2.31. The van der Waals surface area contributed by atoms with E-state index in [1.807, 2.05) is 32.3 Å². The molecule has 2 atom stereocenters. The molecule has 2 heterocycles. The molecule has 1 aliphatic rings. The Morgan fingerprint density at radius 1 is 1.16 bits per heavy atom. The summed E-state index contributed by atoms with van der Waals surface area (Å²) in [6.07, 6.45) is 3.71. The van der Waals surface area contributed by atoms with Crippen molar-refractivity contribution in [1.29, 1.82) is 0 Å². The second-order valence-corrected chi connectivity index (χ2v) is 9.48. The van der Waals surface area contributed by atoms with E-state index in [1.54, 1.807) is 7.11 Å². The predicted molar refractivity (Wildman–Crippen MR) is 125 cm³/mol. The number of amides is 1. The molecule has 0 bridgehead atoms. The van der Waals surface area contributed by atoms with E-state index in [9.17, 15) is 4.79 Å². The summed E-state index contributed by atoms with van der Waals surface area (Å²) in [6.45, 7) is 12.8. The van der Waals surface area contributed by atoms with Crippen LogP contribution in [0.2, 0.25) is 0 Å². The van der Waals surface area contributed by atoms with Crippen molar-refractivity contribution in [2.45, 2.75) is 40.2 Å². The molecule has 1 aromatic heterocycles. The number of hydrogen-bond donors (Lipinski definition) is 0. The Labute approximate surface area is 187 Å². The average Bonchev–Trinajstić information content (AvgIpc) is 3.15. The summed E-state index contributed by atoms with van der Waals surface area (Å²) in [6, 6.07) is 12.6. The molecule has 0 saturated carbocycles. The molecule has 0 radical (unpaired) electrons. The number of carbonyl (C=O) groups is 1. The summed E-state index contributed by atoms with van der Waals surface area (Å²) in [5.74, 6) is 2.37. The van der Waals surface area contributed by atoms with Crippen molar-refractivity contribution in [3.05, 3.63) is 59.9 Å². The van der Waals surface area contributed by atoms with Gasteiger partial charge < -0.3 is 9.64 Å². The van der Waals surface area contributed by atoms with Crippen LogP contribution in [0.25, 0.3) is 0 Å². The molecule has 168 valence electrons. The van der Waals surface area contributed by atoms with Crippen LogP contribution >= 0.6 is 0 Å². The number of aromatic nitrogens is 1. The lowest BCUT2D eigenvalue weighted by atomic mass is 9.88. The Morgan fingerprint density at radius 2 is 1.90 bits per heavy atom. The predicted octanol–water partition coefficient (Wildman–Crippen LogP) is 4.45. The zero-order valence-electron chi connectivity index (χ0n) is 19.6. The van der Waals surface area contributed by atoms with Gasteiger partial charge in [-0.1, -0.05) is 39.8 Å². The van der Waals surface area contributed by atoms with Crippen molar-refractivity contribution < 1.29 is 9.53 Å². The van der Waals surface area contributed by atoms with E-state index in [2.05, 4.69) is 59.0 Å². The summed E-state index contributed by atoms with van der Waals surface area (Å²) in [5, 5.41) is 0. The van der Waals surface area contributed by atoms with Crippen LogP contribution in [0.1, 0.15) is 44.7 Å². The van der Waals surface area contributed by atoms with Crippen LogP contribution in [0.15, 0.2) is 48.8 Å². The Bertz CT molecular complexity index is 838. The van der Waals surface area contributed by atoms with Gasteiger partial charge in [-0.05, 0) is 47.2 Å². The van der Waals surface area contributed by atoms with Gasteiger partial charge >= 0.3 is 0 Å². The Kier molecular flexibility index (Phi) is 8.08. The molecule has 3 rings (SSSR count). The average molecular weight is 424 g/mol. The zero-order chi connectivity index (χ0) is 22.4. The molecule has 1 aliphatic heterocycles. The third-order valence-electron chi connectivity index (χ3n) is 6.04. The Hall–Kier alpha value is -2.40. The molecular formula is C26H37N3O2. The first-order valence-electron chi connectivity index (χ1n) is 11.4. The molecule has 1 amide bonds. The highest BCUT2D eigenvalue weighted by molar-refractivity contribution is 5.78. The molecule has 1 fully saturated rings. The highest BCUT2D eigenvalue weighted by atomic mass is 16.5. The van der Waals surface area contributed by atoms with E-state index in [0.717, 1.165) is 38.5 Å². The second kappa shape index (κ2) is 10.8. The first kappa shape index (κ1) is 23.3. The van der Waals surface area contributed by atoms with Gasteiger partial charge in [0.1, 0.15) is 5.75 Å². The lowest BCUT2D eigenvalue weighted by Crippen LogP contribution is -2.41. The minimum atomic E-state index is 0.0170. The summed E-state index contributed by atoms with van der Waals surface area (Å²) in [4.78, 5) is 21.7. The molecule has 5 nitrogen and oxygen atoms in total. The normalized spacial score (nSPS) is 19.2. The molecule has 5 heteroatoms. The summed E-state index contributed by atoms with van der Waals surface area (Å²) >= 11 is 0. The molecule has 2 aromatic rings. The van der Waals surface area contributed by atoms with Crippen molar-refractivity contribution in [2.24, 2.45) is 17.8 Å². The molecular weight excluding hydrogens is 386 g/mol. The second-order valence-electron chi connectivity index (χ2n) is 9.48. The SMILES string of the molecule is COc1cccc(C2CN(Cc3ccncc3)CC2CN(CC(C)C)C(=O)C(C)C)c1. The minimum Gasteiger partial charge on any atom is -0.497 e. The Morgan fingerprint density at radius 3 is 2.55 bits per heavy atom. The van der Waals surface area contributed by atoms with Gasteiger partial charge in [0.05, 0.1) is 7.11 Å². The van der Waals surface area contributed by atoms with Gasteiger partial charge in [0.15, 0.2) is 0 Å². The monoisotopic (exact) mass is 423 g/mol. The van der Waals surface area contributed by atoms with Crippen LogP contribution in [-0.4, -0.2) is 54.0 Å². The number of rotatable bonds is 9. The summed E-state index contributed by atoms with van der Waals surface area (Å²) in [5.41, 5.74) is 2.57. The maximum absolute atomic E-state index is 13.0. The maximum atomic E-state index is 13.0. The minimum absolute atomic E-state index is 0.0170. The molecule has 1 saturated heterocycles. The van der Waals surface area contributed by atoms with Crippen molar-refractivity contribution in [2.75, 3.05) is 33.3 Å². The van der Waals surface area contributed by atoms with Gasteiger partial charge in [0, 0.05) is 57.0 Å². The summed E-state index contributed by atoms with van der Waals surface area (Å²) in [7, 11) is 1.71. The van der Waals surface area contributed by atoms with E-state index in [4.69, 9.17) is 4.74 Å². The van der Waals surface area contributed by atoms with Crippen molar-refractivity contribution in [1.82, 2.24) is 14.8 Å². The standard InChI is InChI=1S/C26H37N3O2/c1-19(2)14-29(26(30)20(3)4)17-23-16-28(15-21-9-11-27-12-10-21)18-25(23)22-7-6-8-24(13-22)31-5/h6-13,19-20,23,25H,14-18H2,1-5H3. The number of pyridine rings is 1. The highest BCUT2D eigenvalue weighted by Gasteiger charge is 2.36. The molecule has 2 unspecified atom stereocenters. The van der Waals surface area contributed by atoms with Crippen LogP contribution in [-0.2, 0) is 11.3 Å². The maximum Gasteiger partial charge on any atom is 0.225 e. The first-order chi connectivity index (χ1) is 14.9. The molecule has 31 heavy (non-hydrogen) atoms. The topological polar surface area (TPSA) is 45.7 Å². The largest absolute Gasteiger partial charge is 0.497 e. The fourth-order valence-corrected chi connectivity index (χ4v) is 4.61. The third kappa shape index (κ3) is 6.30. The zero-order valence-corrected chi connectivity index (χ0v) is 19.6.